The van der Waals surface area contributed by atoms with E-state index in [1.807, 2.05) is 0 Å². The molecule has 0 aromatic rings. The predicted octanol–water partition coefficient (Wildman–Crippen LogP) is 3.16. The predicted molar refractivity (Wildman–Crippen MR) is 99.2 cm³/mol. The molecule has 0 amide bonds. The van der Waals surface area contributed by atoms with E-state index in [1.54, 1.807) is 0 Å². The second kappa shape index (κ2) is 24.1. The normalized spacial score (nSPS) is 10.7. The van der Waals surface area contributed by atoms with Crippen LogP contribution in [0, 0.1) is 6.92 Å². The molecule has 0 aliphatic carbocycles. The average molecular weight is 374 g/mol. The van der Waals surface area contributed by atoms with E-state index in [2.05, 4.69) is 13.8 Å². The second-order valence-electron chi connectivity index (χ2n) is 6.32. The Morgan fingerprint density at radius 3 is 1.04 bits per heavy atom. The first-order chi connectivity index (χ1) is 10.9. The SMILES string of the molecule is O=P(O)(O)O.[CH2-]CCCCCCCCCCCCCCCCC.[Na+]. The van der Waals surface area contributed by atoms with Gasteiger partial charge in [0.15, 0.2) is 0 Å². The smallest absolute Gasteiger partial charge is 0.343 e. The molecule has 0 unspecified atom stereocenters. The van der Waals surface area contributed by atoms with E-state index in [1.165, 1.54) is 96.3 Å². The van der Waals surface area contributed by atoms with Crippen LogP contribution in [0.2, 0.25) is 0 Å². The van der Waals surface area contributed by atoms with Gasteiger partial charge in [-0.1, -0.05) is 103 Å². The fraction of sp³-hybridized carbons (Fsp3) is 0.944. The summed E-state index contributed by atoms with van der Waals surface area (Å²) in [6, 6.07) is 0. The van der Waals surface area contributed by atoms with Crippen LogP contribution < -0.4 is 29.6 Å². The minimum absolute atomic E-state index is 0. The molecule has 3 N–H and O–H groups in total. The molecule has 0 spiro atoms. The van der Waals surface area contributed by atoms with Crippen molar-refractivity contribution in [2.24, 2.45) is 0 Å². The zero-order valence-electron chi connectivity index (χ0n) is 16.2. The van der Waals surface area contributed by atoms with Gasteiger partial charge in [-0.15, -0.1) is 0 Å². The second-order valence-corrected chi connectivity index (χ2v) is 7.34. The van der Waals surface area contributed by atoms with E-state index < -0.39 is 7.82 Å². The van der Waals surface area contributed by atoms with Crippen molar-refractivity contribution < 1.29 is 48.8 Å². The standard InChI is InChI=1S/C18H37.Na.H3O4P/c1-3-5-7-9-11-13-15-17-18-16-14-12-10-8-6-4-2;;1-5(2,3)4/h1,3-18H2,2H3;;(H3,1,2,3,4)/q-1;+1;. The molecule has 0 aromatic carbocycles. The van der Waals surface area contributed by atoms with E-state index >= 15 is 0 Å². The number of hydrogen-bond donors (Lipinski definition) is 3. The summed E-state index contributed by atoms with van der Waals surface area (Å²) < 4.78 is 8.88. The molecule has 0 heterocycles. The van der Waals surface area contributed by atoms with E-state index in [4.69, 9.17) is 19.2 Å². The number of rotatable bonds is 15. The summed E-state index contributed by atoms with van der Waals surface area (Å²) in [6.07, 6.45) is 22.8. The van der Waals surface area contributed by atoms with Crippen LogP contribution in [0.4, 0.5) is 0 Å². The van der Waals surface area contributed by atoms with Crippen molar-refractivity contribution in [2.75, 3.05) is 0 Å². The molecule has 0 atom stereocenters. The maximum absolute atomic E-state index is 8.88. The number of hydrogen-bond acceptors (Lipinski definition) is 1. The van der Waals surface area contributed by atoms with E-state index in [-0.39, 0.29) is 29.6 Å². The summed E-state index contributed by atoms with van der Waals surface area (Å²) in [5.74, 6) is 0. The Labute approximate surface area is 172 Å². The Hall–Kier alpha value is 1.11. The maximum Gasteiger partial charge on any atom is 1.00 e. The first-order valence-electron chi connectivity index (χ1n) is 9.49. The van der Waals surface area contributed by atoms with Crippen LogP contribution >= 0.6 is 7.82 Å². The molecule has 0 saturated carbocycles. The van der Waals surface area contributed by atoms with Crippen molar-refractivity contribution in [3.63, 3.8) is 0 Å². The van der Waals surface area contributed by atoms with Crippen LogP contribution in [0.15, 0.2) is 0 Å². The van der Waals surface area contributed by atoms with Crippen molar-refractivity contribution in [1.82, 2.24) is 0 Å². The van der Waals surface area contributed by atoms with Gasteiger partial charge in [-0.3, -0.25) is 0 Å². The Kier molecular flexibility index (Phi) is 30.0. The van der Waals surface area contributed by atoms with Gasteiger partial charge in [0.1, 0.15) is 0 Å². The zero-order valence-corrected chi connectivity index (χ0v) is 19.1. The fourth-order valence-electron chi connectivity index (χ4n) is 2.55. The van der Waals surface area contributed by atoms with E-state index in [9.17, 15) is 0 Å². The summed E-state index contributed by atoms with van der Waals surface area (Å²) in [5.41, 5.74) is 0. The molecular formula is C18H40NaO4P. The van der Waals surface area contributed by atoms with Crippen molar-refractivity contribution in [3.05, 3.63) is 6.92 Å². The van der Waals surface area contributed by atoms with Gasteiger partial charge in [-0.05, 0) is 0 Å². The quantitative estimate of drug-likeness (QED) is 0.178. The number of unbranched alkanes of at least 4 members (excludes halogenated alkanes) is 15. The van der Waals surface area contributed by atoms with Crippen molar-refractivity contribution >= 4 is 7.82 Å². The van der Waals surface area contributed by atoms with Gasteiger partial charge in [-0.25, -0.2) is 4.57 Å². The zero-order chi connectivity index (χ0) is 17.8. The molecular weight excluding hydrogens is 334 g/mol. The topological polar surface area (TPSA) is 77.8 Å². The van der Waals surface area contributed by atoms with Gasteiger partial charge >= 0.3 is 37.4 Å². The van der Waals surface area contributed by atoms with E-state index in [0.29, 0.717) is 0 Å². The summed E-state index contributed by atoms with van der Waals surface area (Å²) >= 11 is 0. The molecule has 24 heavy (non-hydrogen) atoms. The maximum atomic E-state index is 8.88. The van der Waals surface area contributed by atoms with Gasteiger partial charge in [0, 0.05) is 0 Å². The van der Waals surface area contributed by atoms with Gasteiger partial charge in [0.2, 0.25) is 0 Å². The molecule has 0 bridgehead atoms. The fourth-order valence-corrected chi connectivity index (χ4v) is 2.55. The van der Waals surface area contributed by atoms with Crippen LogP contribution in [0.1, 0.15) is 110 Å². The third kappa shape index (κ3) is 43.5. The summed E-state index contributed by atoms with van der Waals surface area (Å²) in [7, 11) is -4.64. The van der Waals surface area contributed by atoms with Crippen LogP contribution in [0.3, 0.4) is 0 Å². The van der Waals surface area contributed by atoms with Crippen LogP contribution in [0.5, 0.6) is 0 Å². The van der Waals surface area contributed by atoms with E-state index in [0.717, 1.165) is 6.42 Å². The summed E-state index contributed by atoms with van der Waals surface area (Å²) in [5, 5.41) is 0. The van der Waals surface area contributed by atoms with Crippen molar-refractivity contribution in [1.29, 1.82) is 0 Å². The molecule has 0 aromatic heterocycles. The average Bonchev–Trinajstić information content (AvgIpc) is 2.46. The van der Waals surface area contributed by atoms with Crippen LogP contribution in [-0.4, -0.2) is 14.7 Å². The first-order valence-corrected chi connectivity index (χ1v) is 11.1. The Bertz CT molecular complexity index is 235. The van der Waals surface area contributed by atoms with Gasteiger partial charge < -0.3 is 21.6 Å². The molecule has 4 nitrogen and oxygen atoms in total. The van der Waals surface area contributed by atoms with Gasteiger partial charge in [0.25, 0.3) is 0 Å². The van der Waals surface area contributed by atoms with Crippen molar-refractivity contribution in [2.45, 2.75) is 110 Å². The summed E-state index contributed by atoms with van der Waals surface area (Å²) in [4.78, 5) is 21.6. The number of phosphoric acid groups is 1. The summed E-state index contributed by atoms with van der Waals surface area (Å²) in [6.45, 7) is 6.18. The Balaban J connectivity index is -0.000000639. The molecule has 6 heteroatoms. The molecule has 0 rings (SSSR count). The van der Waals surface area contributed by atoms with Crippen LogP contribution in [0.25, 0.3) is 0 Å². The monoisotopic (exact) mass is 374 g/mol. The largest absolute Gasteiger partial charge is 1.00 e. The molecule has 142 valence electrons. The van der Waals surface area contributed by atoms with Gasteiger partial charge in [0.05, 0.1) is 0 Å². The third-order valence-electron chi connectivity index (χ3n) is 3.85. The Morgan fingerprint density at radius 1 is 0.625 bits per heavy atom. The molecule has 0 saturated heterocycles. The molecule has 0 aliphatic rings. The minimum atomic E-state index is -4.64. The molecule has 0 radical (unpaired) electrons. The molecule has 0 aliphatic heterocycles. The third-order valence-corrected chi connectivity index (χ3v) is 3.85. The molecule has 0 fully saturated rings. The Morgan fingerprint density at radius 2 is 0.833 bits per heavy atom. The van der Waals surface area contributed by atoms with Gasteiger partial charge in [-0.2, -0.15) is 6.42 Å². The van der Waals surface area contributed by atoms with Crippen molar-refractivity contribution in [3.8, 4) is 0 Å². The first kappa shape index (κ1) is 29.9. The van der Waals surface area contributed by atoms with Crippen LogP contribution in [-0.2, 0) is 4.57 Å². The minimum Gasteiger partial charge on any atom is -0.343 e.